The van der Waals surface area contributed by atoms with Crippen molar-refractivity contribution in [3.63, 3.8) is 0 Å². The number of likely N-dealkylation sites (tertiary alicyclic amines) is 1. The summed E-state index contributed by atoms with van der Waals surface area (Å²) < 4.78 is 0. The SMILES string of the molecule is Cc1cc(C)cc(CN2CCCC2CBr)c1. The molecule has 1 aromatic rings. The Morgan fingerprint density at radius 2 is 1.94 bits per heavy atom. The first-order valence-corrected chi connectivity index (χ1v) is 7.18. The highest BCUT2D eigenvalue weighted by Gasteiger charge is 2.23. The summed E-state index contributed by atoms with van der Waals surface area (Å²) in [6.45, 7) is 6.73. The van der Waals surface area contributed by atoms with Gasteiger partial charge in [0.15, 0.2) is 0 Å². The lowest BCUT2D eigenvalue weighted by atomic mass is 10.1. The van der Waals surface area contributed by atoms with Crippen molar-refractivity contribution < 1.29 is 0 Å². The van der Waals surface area contributed by atoms with Gasteiger partial charge in [-0.1, -0.05) is 45.3 Å². The molecule has 0 bridgehead atoms. The normalized spacial score (nSPS) is 21.6. The molecule has 1 aliphatic rings. The lowest BCUT2D eigenvalue weighted by Gasteiger charge is -2.23. The summed E-state index contributed by atoms with van der Waals surface area (Å²) in [4.78, 5) is 2.60. The minimum Gasteiger partial charge on any atom is -0.295 e. The van der Waals surface area contributed by atoms with Crippen LogP contribution in [0.1, 0.15) is 29.5 Å². The van der Waals surface area contributed by atoms with Crippen molar-refractivity contribution in [2.45, 2.75) is 39.3 Å². The number of aryl methyl sites for hydroxylation is 2. The summed E-state index contributed by atoms with van der Waals surface area (Å²) >= 11 is 3.62. The lowest BCUT2D eigenvalue weighted by molar-refractivity contribution is 0.265. The largest absolute Gasteiger partial charge is 0.295 e. The second-order valence-electron chi connectivity index (χ2n) is 4.92. The minimum atomic E-state index is 0.737. The predicted molar refractivity (Wildman–Crippen MR) is 73.1 cm³/mol. The Labute approximate surface area is 107 Å². The number of hydrogen-bond donors (Lipinski definition) is 0. The van der Waals surface area contributed by atoms with Crippen LogP contribution in [0.15, 0.2) is 18.2 Å². The fourth-order valence-corrected chi connectivity index (χ4v) is 3.41. The van der Waals surface area contributed by atoms with Gasteiger partial charge in [-0.25, -0.2) is 0 Å². The zero-order valence-corrected chi connectivity index (χ0v) is 11.8. The Morgan fingerprint density at radius 1 is 1.25 bits per heavy atom. The molecule has 0 saturated carbocycles. The van der Waals surface area contributed by atoms with E-state index in [9.17, 15) is 0 Å². The van der Waals surface area contributed by atoms with Gasteiger partial charge in [0.2, 0.25) is 0 Å². The molecule has 0 radical (unpaired) electrons. The highest BCUT2D eigenvalue weighted by molar-refractivity contribution is 9.09. The van der Waals surface area contributed by atoms with Crippen LogP contribution in [0, 0.1) is 13.8 Å². The second-order valence-corrected chi connectivity index (χ2v) is 5.56. The third kappa shape index (κ3) is 2.86. The Kier molecular flexibility index (Phi) is 4.04. The molecule has 2 rings (SSSR count). The van der Waals surface area contributed by atoms with Crippen molar-refractivity contribution in [1.82, 2.24) is 4.90 Å². The van der Waals surface area contributed by atoms with E-state index in [-0.39, 0.29) is 0 Å². The van der Waals surface area contributed by atoms with Crippen molar-refractivity contribution in [2.24, 2.45) is 0 Å². The average molecular weight is 282 g/mol. The van der Waals surface area contributed by atoms with Gasteiger partial charge in [-0.05, 0) is 38.8 Å². The van der Waals surface area contributed by atoms with Gasteiger partial charge >= 0.3 is 0 Å². The summed E-state index contributed by atoms with van der Waals surface area (Å²) in [5.41, 5.74) is 4.22. The first-order valence-electron chi connectivity index (χ1n) is 6.06. The summed E-state index contributed by atoms with van der Waals surface area (Å²) in [5.74, 6) is 0. The van der Waals surface area contributed by atoms with Gasteiger partial charge in [0.25, 0.3) is 0 Å². The summed E-state index contributed by atoms with van der Waals surface area (Å²) in [6.07, 6.45) is 2.69. The van der Waals surface area contributed by atoms with Gasteiger partial charge in [0, 0.05) is 17.9 Å². The van der Waals surface area contributed by atoms with E-state index in [1.165, 1.54) is 36.1 Å². The van der Waals surface area contributed by atoms with Crippen LogP contribution in [0.5, 0.6) is 0 Å². The molecule has 1 aliphatic heterocycles. The van der Waals surface area contributed by atoms with E-state index in [2.05, 4.69) is 52.9 Å². The first-order chi connectivity index (χ1) is 7.69. The Balaban J connectivity index is 2.08. The topological polar surface area (TPSA) is 3.24 Å². The van der Waals surface area contributed by atoms with Crippen molar-refractivity contribution in [3.05, 3.63) is 34.9 Å². The Bertz CT molecular complexity index is 342. The van der Waals surface area contributed by atoms with E-state index in [0.29, 0.717) is 0 Å². The summed E-state index contributed by atoms with van der Waals surface area (Å²) in [7, 11) is 0. The number of benzene rings is 1. The minimum absolute atomic E-state index is 0.737. The molecule has 2 heteroatoms. The van der Waals surface area contributed by atoms with Crippen molar-refractivity contribution >= 4 is 15.9 Å². The van der Waals surface area contributed by atoms with Crippen LogP contribution in [0.25, 0.3) is 0 Å². The summed E-state index contributed by atoms with van der Waals surface area (Å²) in [6, 6.07) is 7.61. The maximum absolute atomic E-state index is 3.62. The van der Waals surface area contributed by atoms with Gasteiger partial charge in [-0.15, -0.1) is 0 Å². The lowest BCUT2D eigenvalue weighted by Crippen LogP contribution is -2.29. The van der Waals surface area contributed by atoms with E-state index in [1.54, 1.807) is 0 Å². The van der Waals surface area contributed by atoms with E-state index in [1.807, 2.05) is 0 Å². The zero-order valence-electron chi connectivity index (χ0n) is 10.2. The first kappa shape index (κ1) is 12.1. The van der Waals surface area contributed by atoms with Crippen LogP contribution >= 0.6 is 15.9 Å². The van der Waals surface area contributed by atoms with Gasteiger partial charge in [0.05, 0.1) is 0 Å². The fraction of sp³-hybridized carbons (Fsp3) is 0.571. The number of alkyl halides is 1. The molecule has 1 heterocycles. The Morgan fingerprint density at radius 3 is 2.56 bits per heavy atom. The van der Waals surface area contributed by atoms with Gasteiger partial charge in [-0.3, -0.25) is 4.90 Å². The van der Waals surface area contributed by atoms with E-state index in [4.69, 9.17) is 0 Å². The van der Waals surface area contributed by atoms with E-state index >= 15 is 0 Å². The Hall–Kier alpha value is -0.340. The van der Waals surface area contributed by atoms with Gasteiger partial charge in [0.1, 0.15) is 0 Å². The second kappa shape index (κ2) is 5.33. The standard InChI is InChI=1S/C14H20BrN/c1-11-6-12(2)8-13(7-11)10-16-5-3-4-14(16)9-15/h6-8,14H,3-5,9-10H2,1-2H3. The van der Waals surface area contributed by atoms with Crippen LogP contribution in [0.3, 0.4) is 0 Å². The smallest absolute Gasteiger partial charge is 0.0237 e. The summed E-state index contributed by atoms with van der Waals surface area (Å²) in [5, 5.41) is 1.11. The molecule has 1 nitrogen and oxygen atoms in total. The highest BCUT2D eigenvalue weighted by Crippen LogP contribution is 2.22. The quantitative estimate of drug-likeness (QED) is 0.765. The number of nitrogens with zero attached hydrogens (tertiary/aromatic N) is 1. The molecule has 1 saturated heterocycles. The van der Waals surface area contributed by atoms with Crippen LogP contribution in [0.2, 0.25) is 0 Å². The molecular weight excluding hydrogens is 262 g/mol. The maximum atomic E-state index is 3.62. The molecule has 1 unspecified atom stereocenters. The van der Waals surface area contributed by atoms with Crippen LogP contribution in [-0.4, -0.2) is 22.8 Å². The highest BCUT2D eigenvalue weighted by atomic mass is 79.9. The molecule has 0 amide bonds. The maximum Gasteiger partial charge on any atom is 0.0237 e. The molecule has 88 valence electrons. The molecule has 0 aliphatic carbocycles. The number of rotatable bonds is 3. The molecule has 1 aromatic carbocycles. The van der Waals surface area contributed by atoms with Gasteiger partial charge < -0.3 is 0 Å². The average Bonchev–Trinajstić information content (AvgIpc) is 2.63. The zero-order chi connectivity index (χ0) is 11.5. The number of hydrogen-bond acceptors (Lipinski definition) is 1. The number of halogens is 1. The third-order valence-electron chi connectivity index (χ3n) is 3.34. The van der Waals surface area contributed by atoms with Crippen LogP contribution in [-0.2, 0) is 6.54 Å². The predicted octanol–water partition coefficient (Wildman–Crippen LogP) is 3.66. The molecule has 1 atom stereocenters. The van der Waals surface area contributed by atoms with E-state index in [0.717, 1.165) is 17.9 Å². The van der Waals surface area contributed by atoms with Crippen LogP contribution < -0.4 is 0 Å². The fourth-order valence-electron chi connectivity index (χ4n) is 2.67. The molecule has 0 spiro atoms. The molecule has 0 aromatic heterocycles. The van der Waals surface area contributed by atoms with Crippen LogP contribution in [0.4, 0.5) is 0 Å². The van der Waals surface area contributed by atoms with E-state index < -0.39 is 0 Å². The van der Waals surface area contributed by atoms with Crippen molar-refractivity contribution in [3.8, 4) is 0 Å². The molecule has 0 N–H and O–H groups in total. The molecule has 16 heavy (non-hydrogen) atoms. The van der Waals surface area contributed by atoms with Crippen molar-refractivity contribution in [2.75, 3.05) is 11.9 Å². The molecular formula is C14H20BrN. The molecule has 1 fully saturated rings. The monoisotopic (exact) mass is 281 g/mol. The third-order valence-corrected chi connectivity index (χ3v) is 4.09. The van der Waals surface area contributed by atoms with Gasteiger partial charge in [-0.2, -0.15) is 0 Å². The van der Waals surface area contributed by atoms with Crippen molar-refractivity contribution in [1.29, 1.82) is 0 Å².